The van der Waals surface area contributed by atoms with Gasteiger partial charge < -0.3 is 10.1 Å². The third-order valence-corrected chi connectivity index (χ3v) is 2.85. The largest absolute Gasteiger partial charge is 0.491 e. The van der Waals surface area contributed by atoms with Crippen LogP contribution >= 0.6 is 0 Å². The fourth-order valence-electron chi connectivity index (χ4n) is 1.87. The van der Waals surface area contributed by atoms with Gasteiger partial charge in [0.05, 0.1) is 11.5 Å². The van der Waals surface area contributed by atoms with Gasteiger partial charge in [-0.1, -0.05) is 12.1 Å². The van der Waals surface area contributed by atoms with Crippen molar-refractivity contribution in [3.8, 4) is 5.75 Å². The molecule has 0 saturated heterocycles. The Kier molecular flexibility index (Phi) is 4.71. The minimum Gasteiger partial charge on any atom is -0.491 e. The van der Waals surface area contributed by atoms with Crippen molar-refractivity contribution in [3.05, 3.63) is 64.0 Å². The molecule has 0 unspecified atom stereocenters. The van der Waals surface area contributed by atoms with E-state index in [0.717, 1.165) is 5.56 Å². The first-order valence-electron chi connectivity index (χ1n) is 6.49. The molecule has 0 aliphatic carbocycles. The number of hydrogen-bond acceptors (Lipinski definition) is 4. The molecule has 0 aliphatic heterocycles. The van der Waals surface area contributed by atoms with E-state index in [1.807, 2.05) is 0 Å². The van der Waals surface area contributed by atoms with Gasteiger partial charge in [-0.25, -0.2) is 4.39 Å². The summed E-state index contributed by atoms with van der Waals surface area (Å²) in [4.78, 5) is 10.2. The lowest BCUT2D eigenvalue weighted by Crippen LogP contribution is -2.01. The maximum Gasteiger partial charge on any atom is 0.269 e. The smallest absolute Gasteiger partial charge is 0.269 e. The highest BCUT2D eigenvalue weighted by molar-refractivity contribution is 5.48. The molecule has 0 bridgehead atoms. The van der Waals surface area contributed by atoms with Crippen LogP contribution in [0.4, 0.5) is 15.8 Å². The molecule has 21 heavy (non-hydrogen) atoms. The molecular formula is C15H15FN2O3. The quantitative estimate of drug-likeness (QED) is 0.650. The van der Waals surface area contributed by atoms with Gasteiger partial charge in [-0.15, -0.1) is 0 Å². The molecule has 0 fully saturated rings. The molecule has 0 atom stereocenters. The van der Waals surface area contributed by atoms with E-state index in [4.69, 9.17) is 4.74 Å². The van der Waals surface area contributed by atoms with E-state index in [1.165, 1.54) is 18.2 Å². The molecule has 6 heteroatoms. The summed E-state index contributed by atoms with van der Waals surface area (Å²) in [6, 6.07) is 10.9. The third kappa shape index (κ3) is 3.92. The minimum atomic E-state index is -0.444. The lowest BCUT2D eigenvalue weighted by molar-refractivity contribution is -0.384. The number of nitrogens with one attached hydrogen (secondary N) is 1. The highest BCUT2D eigenvalue weighted by atomic mass is 19.1. The van der Waals surface area contributed by atoms with Crippen LogP contribution in [0.5, 0.6) is 5.75 Å². The Morgan fingerprint density at radius 3 is 2.76 bits per heavy atom. The number of hydrogen-bond donors (Lipinski definition) is 1. The molecule has 5 nitrogen and oxygen atoms in total. The lowest BCUT2D eigenvalue weighted by atomic mass is 10.2. The number of nitro benzene ring substituents is 1. The second-order valence-electron chi connectivity index (χ2n) is 4.36. The minimum absolute atomic E-state index is 0.0344. The van der Waals surface area contributed by atoms with Gasteiger partial charge in [0.2, 0.25) is 0 Å². The van der Waals surface area contributed by atoms with E-state index in [2.05, 4.69) is 5.32 Å². The molecule has 2 rings (SSSR count). The number of ether oxygens (including phenoxy) is 1. The third-order valence-electron chi connectivity index (χ3n) is 2.85. The van der Waals surface area contributed by atoms with Crippen LogP contribution in [-0.4, -0.2) is 11.5 Å². The zero-order valence-electron chi connectivity index (χ0n) is 11.5. The summed E-state index contributed by atoms with van der Waals surface area (Å²) in [6.07, 6.45) is 0. The number of benzene rings is 2. The first-order valence-corrected chi connectivity index (χ1v) is 6.49. The molecule has 2 aromatic carbocycles. The predicted molar refractivity (Wildman–Crippen MR) is 78.0 cm³/mol. The second kappa shape index (κ2) is 6.69. The van der Waals surface area contributed by atoms with Crippen LogP contribution in [0.3, 0.4) is 0 Å². The first-order chi connectivity index (χ1) is 10.1. The number of non-ortho nitro benzene ring substituents is 1. The first kappa shape index (κ1) is 14.8. The van der Waals surface area contributed by atoms with E-state index in [9.17, 15) is 14.5 Å². The number of nitro groups is 1. The van der Waals surface area contributed by atoms with E-state index in [1.54, 1.807) is 31.2 Å². The Hall–Kier alpha value is -2.63. The molecule has 110 valence electrons. The van der Waals surface area contributed by atoms with E-state index >= 15 is 0 Å². The van der Waals surface area contributed by atoms with Gasteiger partial charge in [0.1, 0.15) is 0 Å². The van der Waals surface area contributed by atoms with E-state index in [0.29, 0.717) is 18.8 Å². The average molecular weight is 290 g/mol. The van der Waals surface area contributed by atoms with Crippen molar-refractivity contribution in [3.63, 3.8) is 0 Å². The fourth-order valence-corrected chi connectivity index (χ4v) is 1.87. The molecule has 0 heterocycles. The fraction of sp³-hybridized carbons (Fsp3) is 0.200. The van der Waals surface area contributed by atoms with Gasteiger partial charge >= 0.3 is 0 Å². The molecule has 0 spiro atoms. The number of anilines is 1. The molecule has 0 radical (unpaired) electrons. The Bertz CT molecular complexity index is 647. The summed E-state index contributed by atoms with van der Waals surface area (Å²) in [6.45, 7) is 2.56. The molecule has 0 aromatic heterocycles. The molecular weight excluding hydrogens is 275 g/mol. The van der Waals surface area contributed by atoms with Gasteiger partial charge in [-0.3, -0.25) is 10.1 Å². The van der Waals surface area contributed by atoms with Crippen LogP contribution < -0.4 is 10.1 Å². The molecule has 1 N–H and O–H groups in total. The van der Waals surface area contributed by atoms with E-state index in [-0.39, 0.29) is 11.4 Å². The summed E-state index contributed by atoms with van der Waals surface area (Å²) in [5.74, 6) is -0.237. The Morgan fingerprint density at radius 2 is 2.10 bits per heavy atom. The van der Waals surface area contributed by atoms with Crippen LogP contribution in [0.2, 0.25) is 0 Å². The van der Waals surface area contributed by atoms with Crippen molar-refractivity contribution in [2.24, 2.45) is 0 Å². The van der Waals surface area contributed by atoms with Crippen LogP contribution in [0, 0.1) is 15.9 Å². The van der Waals surface area contributed by atoms with Gasteiger partial charge in [0.25, 0.3) is 5.69 Å². The van der Waals surface area contributed by atoms with Crippen molar-refractivity contribution in [2.75, 3.05) is 11.9 Å². The van der Waals surface area contributed by atoms with Crippen LogP contribution in [-0.2, 0) is 6.54 Å². The summed E-state index contributed by atoms with van der Waals surface area (Å²) in [7, 11) is 0. The summed E-state index contributed by atoms with van der Waals surface area (Å²) >= 11 is 0. The topological polar surface area (TPSA) is 64.4 Å². The van der Waals surface area contributed by atoms with Crippen LogP contribution in [0.25, 0.3) is 0 Å². The molecule has 0 aliphatic rings. The van der Waals surface area contributed by atoms with Crippen LogP contribution in [0.15, 0.2) is 42.5 Å². The summed E-state index contributed by atoms with van der Waals surface area (Å²) in [5, 5.41) is 13.7. The molecule has 2 aromatic rings. The standard InChI is InChI=1S/C15H15FN2O3/c1-2-21-15-7-6-12(9-14(15)16)17-10-11-4-3-5-13(8-11)18(19)20/h3-9,17H,2,10H2,1H3. The average Bonchev–Trinajstić information content (AvgIpc) is 2.48. The van der Waals surface area contributed by atoms with Crippen LogP contribution in [0.1, 0.15) is 12.5 Å². The lowest BCUT2D eigenvalue weighted by Gasteiger charge is -2.09. The Labute approximate surface area is 121 Å². The van der Waals surface area contributed by atoms with Gasteiger partial charge in [-0.05, 0) is 24.6 Å². The monoisotopic (exact) mass is 290 g/mol. The number of nitrogens with zero attached hydrogens (tertiary/aromatic N) is 1. The second-order valence-corrected chi connectivity index (χ2v) is 4.36. The SMILES string of the molecule is CCOc1ccc(NCc2cccc([N+](=O)[O-])c2)cc1F. The molecule has 0 amide bonds. The number of halogens is 1. The maximum absolute atomic E-state index is 13.7. The van der Waals surface area contributed by atoms with Crippen molar-refractivity contribution in [1.82, 2.24) is 0 Å². The zero-order valence-corrected chi connectivity index (χ0v) is 11.5. The Morgan fingerprint density at radius 1 is 1.29 bits per heavy atom. The van der Waals surface area contributed by atoms with E-state index < -0.39 is 10.7 Å². The van der Waals surface area contributed by atoms with Gasteiger partial charge in [0, 0.05) is 30.4 Å². The van der Waals surface area contributed by atoms with Gasteiger partial charge in [0.15, 0.2) is 11.6 Å². The number of rotatable bonds is 6. The normalized spacial score (nSPS) is 10.2. The predicted octanol–water partition coefficient (Wildman–Crippen LogP) is 3.74. The van der Waals surface area contributed by atoms with Crippen molar-refractivity contribution >= 4 is 11.4 Å². The highest BCUT2D eigenvalue weighted by Crippen LogP contribution is 2.22. The summed E-state index contributed by atoms with van der Waals surface area (Å²) in [5.41, 5.74) is 1.37. The summed E-state index contributed by atoms with van der Waals surface area (Å²) < 4.78 is 18.8. The van der Waals surface area contributed by atoms with Crippen molar-refractivity contribution in [1.29, 1.82) is 0 Å². The Balaban J connectivity index is 2.04. The van der Waals surface area contributed by atoms with Crippen molar-refractivity contribution < 1.29 is 14.1 Å². The molecule has 0 saturated carbocycles. The highest BCUT2D eigenvalue weighted by Gasteiger charge is 2.07. The van der Waals surface area contributed by atoms with Crippen molar-refractivity contribution in [2.45, 2.75) is 13.5 Å². The maximum atomic E-state index is 13.7. The van der Waals surface area contributed by atoms with Gasteiger partial charge in [-0.2, -0.15) is 0 Å². The zero-order chi connectivity index (χ0) is 15.2.